The molecule has 2 saturated heterocycles. The second kappa shape index (κ2) is 15.7. The van der Waals surface area contributed by atoms with Crippen molar-refractivity contribution in [2.45, 2.75) is 35.0 Å². The lowest BCUT2D eigenvalue weighted by atomic mass is 9.83. The highest BCUT2D eigenvalue weighted by Gasteiger charge is 2.81. The van der Waals surface area contributed by atoms with Crippen LogP contribution in [-0.4, -0.2) is 46.6 Å². The number of hydrogen-bond donors (Lipinski definition) is 2. The van der Waals surface area contributed by atoms with Crippen LogP contribution in [0.5, 0.6) is 0 Å². The van der Waals surface area contributed by atoms with Gasteiger partial charge in [-0.1, -0.05) is 96.1 Å². The third kappa shape index (κ3) is 6.94. The van der Waals surface area contributed by atoms with Crippen molar-refractivity contribution >= 4 is 103 Å². The SMILES string of the molecule is Cc1ccc(S(=O)(=O)NCl)cc1.Cc1ccc(S(=O)(=O)NCl)cc1.O=C1N(Cl)C2(c3ccccc3)N(Cl)C(=O)N(Cl)C2(c2ccccc2)N1Cl. The van der Waals surface area contributed by atoms with Gasteiger partial charge in [-0.05, 0) is 61.7 Å². The fraction of sp³-hybridized carbons (Fsp3) is 0.133. The van der Waals surface area contributed by atoms with Crippen LogP contribution in [-0.2, 0) is 31.4 Å². The zero-order chi connectivity index (χ0) is 37.1. The van der Waals surface area contributed by atoms with E-state index in [-0.39, 0.29) is 9.79 Å². The van der Waals surface area contributed by atoms with Gasteiger partial charge in [0.2, 0.25) is 11.3 Å². The maximum atomic E-state index is 12.8. The van der Waals surface area contributed by atoms with Gasteiger partial charge in [0.15, 0.2) is 0 Å². The van der Waals surface area contributed by atoms with Gasteiger partial charge in [-0.25, -0.2) is 26.4 Å². The van der Waals surface area contributed by atoms with Crippen LogP contribution in [0.15, 0.2) is 119 Å². The number of fused-ring (bicyclic) bond motifs is 1. The molecule has 4 amide bonds. The molecule has 2 aliphatic rings. The van der Waals surface area contributed by atoms with Crippen molar-refractivity contribution in [2.75, 3.05) is 0 Å². The lowest BCUT2D eigenvalue weighted by molar-refractivity contribution is 0.0294. The van der Waals surface area contributed by atoms with Gasteiger partial charge in [-0.15, -0.1) is 8.48 Å². The van der Waals surface area contributed by atoms with Crippen molar-refractivity contribution in [3.8, 4) is 0 Å². The molecule has 2 N–H and O–H groups in total. The topological polar surface area (TPSA) is 139 Å². The number of halogens is 6. The number of nitrogens with one attached hydrogen (secondary N) is 2. The molecule has 0 unspecified atom stereocenters. The molecule has 266 valence electrons. The summed E-state index contributed by atoms with van der Waals surface area (Å²) in [5.74, 6) is 0. The monoisotopic (exact) mass is 840 g/mol. The first-order chi connectivity index (χ1) is 23.5. The summed E-state index contributed by atoms with van der Waals surface area (Å²) in [7, 11) is -7.00. The average Bonchev–Trinajstić information content (AvgIpc) is 3.42. The Balaban J connectivity index is 0.000000195. The smallest absolute Gasteiger partial charge is 0.245 e. The fourth-order valence-electron chi connectivity index (χ4n) is 5.13. The highest BCUT2D eigenvalue weighted by Crippen LogP contribution is 2.64. The van der Waals surface area contributed by atoms with Gasteiger partial charge >= 0.3 is 12.1 Å². The van der Waals surface area contributed by atoms with Crippen LogP contribution in [0.1, 0.15) is 22.3 Å². The number of rotatable bonds is 6. The van der Waals surface area contributed by atoms with Crippen LogP contribution in [0.25, 0.3) is 0 Å². The van der Waals surface area contributed by atoms with Crippen LogP contribution in [0.4, 0.5) is 9.59 Å². The maximum absolute atomic E-state index is 12.8. The lowest BCUT2D eigenvalue weighted by Crippen LogP contribution is -2.58. The van der Waals surface area contributed by atoms with Gasteiger partial charge in [0.25, 0.3) is 20.0 Å². The summed E-state index contributed by atoms with van der Waals surface area (Å²) >= 11 is 35.7. The molecule has 0 spiro atoms. The van der Waals surface area contributed by atoms with E-state index in [2.05, 4.69) is 0 Å². The molecule has 0 aliphatic carbocycles. The van der Waals surface area contributed by atoms with Crippen molar-refractivity contribution in [1.29, 1.82) is 0 Å². The first-order valence-electron chi connectivity index (χ1n) is 13.9. The second-order valence-electron chi connectivity index (χ2n) is 10.6. The van der Waals surface area contributed by atoms with Gasteiger partial charge in [0.1, 0.15) is 0 Å². The third-order valence-electron chi connectivity index (χ3n) is 7.51. The number of nitrogens with zero attached hydrogens (tertiary/aromatic N) is 4. The van der Waals surface area contributed by atoms with Gasteiger partial charge in [0, 0.05) is 58.2 Å². The Morgan fingerprint density at radius 3 is 0.980 bits per heavy atom. The molecule has 2 aliphatic heterocycles. The predicted octanol–water partition coefficient (Wildman–Crippen LogP) is 7.64. The lowest BCUT2D eigenvalue weighted by Gasteiger charge is -2.43. The molecule has 6 rings (SSSR count). The molecule has 0 saturated carbocycles. The van der Waals surface area contributed by atoms with Gasteiger partial charge < -0.3 is 0 Å². The zero-order valence-electron chi connectivity index (χ0n) is 25.7. The Bertz CT molecular complexity index is 1880. The normalized spacial score (nSPS) is 20.2. The average molecular weight is 843 g/mol. The minimum atomic E-state index is -3.50. The first kappa shape index (κ1) is 39.8. The van der Waals surface area contributed by atoms with Crippen molar-refractivity contribution in [3.05, 3.63) is 131 Å². The maximum Gasteiger partial charge on any atom is 0.354 e. The molecule has 4 aromatic carbocycles. The van der Waals surface area contributed by atoms with E-state index in [1.165, 1.54) is 24.3 Å². The minimum absolute atomic E-state index is 0.170. The Hall–Kier alpha value is -3.02. The van der Waals surface area contributed by atoms with E-state index >= 15 is 0 Å². The Kier molecular flexibility index (Phi) is 12.5. The molecule has 2 heterocycles. The number of carbonyl (C=O) groups is 2. The number of aryl methyl sites for hydroxylation is 2. The molecule has 0 aromatic heterocycles. The molecule has 50 heavy (non-hydrogen) atoms. The first-order valence-corrected chi connectivity index (χ1v) is 19.0. The molecule has 2 fully saturated rings. The molecule has 4 aromatic rings. The standard InChI is InChI=1S/C16H10Cl4N4O2.2C7H8ClNO2S/c17-21-13(25)23(19)16(12-9-5-2-6-10-12)15(21,11-7-3-1-4-8-11)22(18)14(26)24(16)20;2*1-6-2-4-7(5-3-6)12(10,11)9-8/h1-10H;2*2-5,9H,1H3. The zero-order valence-corrected chi connectivity index (χ0v) is 31.9. The summed E-state index contributed by atoms with van der Waals surface area (Å²) in [5.41, 5.74) is -0.497. The molecule has 0 atom stereocenters. The quantitative estimate of drug-likeness (QED) is 0.192. The van der Waals surface area contributed by atoms with E-state index in [0.717, 1.165) is 28.8 Å². The van der Waals surface area contributed by atoms with E-state index in [1.54, 1.807) is 93.4 Å². The number of benzene rings is 4. The summed E-state index contributed by atoms with van der Waals surface area (Å²) < 4.78 is 50.9. The summed E-state index contributed by atoms with van der Waals surface area (Å²) in [4.78, 5) is 25.9. The van der Waals surface area contributed by atoms with E-state index < -0.39 is 43.4 Å². The van der Waals surface area contributed by atoms with E-state index in [1.807, 2.05) is 13.8 Å². The summed E-state index contributed by atoms with van der Waals surface area (Å²) in [6, 6.07) is 28.6. The predicted molar refractivity (Wildman–Crippen MR) is 193 cm³/mol. The van der Waals surface area contributed by atoms with Crippen molar-refractivity contribution in [2.24, 2.45) is 0 Å². The van der Waals surface area contributed by atoms with Gasteiger partial charge in [0.05, 0.1) is 9.79 Å². The van der Waals surface area contributed by atoms with Crippen LogP contribution in [0, 0.1) is 13.8 Å². The number of carbonyl (C=O) groups excluding carboxylic acids is 2. The van der Waals surface area contributed by atoms with Gasteiger partial charge in [-0.2, -0.15) is 17.7 Å². The summed E-state index contributed by atoms with van der Waals surface area (Å²) in [6.07, 6.45) is 0. The Morgan fingerprint density at radius 2 is 0.740 bits per heavy atom. The number of hydrogen-bond acceptors (Lipinski definition) is 6. The molecule has 12 nitrogen and oxygen atoms in total. The largest absolute Gasteiger partial charge is 0.354 e. The minimum Gasteiger partial charge on any atom is -0.245 e. The van der Waals surface area contributed by atoms with Crippen LogP contribution >= 0.6 is 70.7 Å². The van der Waals surface area contributed by atoms with E-state index in [4.69, 9.17) is 70.7 Å². The van der Waals surface area contributed by atoms with Crippen molar-refractivity contribution in [3.63, 3.8) is 0 Å². The van der Waals surface area contributed by atoms with Crippen LogP contribution in [0.3, 0.4) is 0 Å². The molecular formula is C30H26Cl6N6O6S2. The molecule has 0 bridgehead atoms. The highest BCUT2D eigenvalue weighted by molar-refractivity contribution is 7.90. The second-order valence-corrected chi connectivity index (χ2v) is 16.1. The van der Waals surface area contributed by atoms with Crippen molar-refractivity contribution < 1.29 is 26.4 Å². The fourth-order valence-corrected chi connectivity index (χ4v) is 8.45. The molecule has 20 heteroatoms. The molecule has 0 radical (unpaired) electrons. The van der Waals surface area contributed by atoms with E-state index in [0.29, 0.717) is 11.1 Å². The number of sulfonamides is 2. The van der Waals surface area contributed by atoms with Crippen LogP contribution in [0.2, 0.25) is 0 Å². The number of urea groups is 2. The summed E-state index contributed by atoms with van der Waals surface area (Å²) in [6.45, 7) is 3.76. The van der Waals surface area contributed by atoms with Crippen molar-refractivity contribution in [1.82, 2.24) is 26.2 Å². The summed E-state index contributed by atoms with van der Waals surface area (Å²) in [5, 5.41) is 0. The van der Waals surface area contributed by atoms with Gasteiger partial charge in [-0.3, -0.25) is 0 Å². The number of amides is 4. The highest BCUT2D eigenvalue weighted by atomic mass is 35.5. The third-order valence-corrected chi connectivity index (χ3v) is 12.5. The molecular weight excluding hydrogens is 817 g/mol. The van der Waals surface area contributed by atoms with Crippen LogP contribution < -0.4 is 8.48 Å². The van der Waals surface area contributed by atoms with E-state index in [9.17, 15) is 26.4 Å². The Labute approximate surface area is 319 Å². The Morgan fingerprint density at radius 1 is 0.480 bits per heavy atom.